The molecule has 7 heteroatoms. The first-order valence-electron chi connectivity index (χ1n) is 7.51. The maximum atomic E-state index is 12.1. The van der Waals surface area contributed by atoms with Crippen molar-refractivity contribution in [1.82, 2.24) is 5.32 Å². The summed E-state index contributed by atoms with van der Waals surface area (Å²) < 4.78 is 0. The quantitative estimate of drug-likeness (QED) is 0.484. The molecule has 1 aliphatic rings. The highest BCUT2D eigenvalue weighted by atomic mass is 32.1. The number of amides is 1. The number of nitrogens with zero attached hydrogens (tertiary/aromatic N) is 1. The van der Waals surface area contributed by atoms with Crippen molar-refractivity contribution < 1.29 is 9.72 Å². The van der Waals surface area contributed by atoms with E-state index in [1.54, 1.807) is 23.5 Å². The second-order valence-electron chi connectivity index (χ2n) is 5.40. The molecular formula is C16H17N3O3S. The lowest BCUT2D eigenvalue weighted by Gasteiger charge is -2.07. The molecule has 2 aromatic rings. The molecule has 2 N–H and O–H groups in total. The predicted octanol–water partition coefficient (Wildman–Crippen LogP) is 2.99. The fraction of sp³-hybridized carbons (Fsp3) is 0.312. The number of benzene rings is 1. The van der Waals surface area contributed by atoms with Gasteiger partial charge in [0.15, 0.2) is 0 Å². The van der Waals surface area contributed by atoms with Crippen LogP contribution in [-0.4, -0.2) is 23.9 Å². The number of nitrogens with one attached hydrogen (secondary N) is 2. The first kappa shape index (κ1) is 15.5. The summed E-state index contributed by atoms with van der Waals surface area (Å²) in [5, 5.41) is 16.6. The molecule has 1 aromatic heterocycles. The van der Waals surface area contributed by atoms with Crippen LogP contribution >= 0.6 is 11.3 Å². The Bertz CT molecular complexity index is 703. The third-order valence-electron chi connectivity index (χ3n) is 3.79. The molecule has 1 heterocycles. The molecule has 120 valence electrons. The topological polar surface area (TPSA) is 84.3 Å². The highest BCUT2D eigenvalue weighted by Gasteiger charge is 2.18. The normalized spacial score (nSPS) is 12.7. The number of hydrogen-bond donors (Lipinski definition) is 2. The molecule has 23 heavy (non-hydrogen) atoms. The summed E-state index contributed by atoms with van der Waals surface area (Å²) >= 11 is 1.59. The van der Waals surface area contributed by atoms with Gasteiger partial charge in [0.05, 0.1) is 9.80 Å². The summed E-state index contributed by atoms with van der Waals surface area (Å²) in [7, 11) is 0. The maximum absolute atomic E-state index is 12.1. The lowest BCUT2D eigenvalue weighted by Crippen LogP contribution is -2.28. The number of nitro benzene ring substituents is 1. The Hall–Kier alpha value is -2.41. The number of aryl methyl sites for hydroxylation is 2. The second kappa shape index (κ2) is 6.78. The molecule has 0 saturated carbocycles. The van der Waals surface area contributed by atoms with Crippen molar-refractivity contribution in [2.75, 3.05) is 18.4 Å². The van der Waals surface area contributed by atoms with Gasteiger partial charge >= 0.3 is 0 Å². The molecule has 0 radical (unpaired) electrons. The Balaban J connectivity index is 1.44. The van der Waals surface area contributed by atoms with Gasteiger partial charge in [0, 0.05) is 35.8 Å². The maximum Gasteiger partial charge on any atom is 0.269 e. The molecule has 0 unspecified atom stereocenters. The van der Waals surface area contributed by atoms with Crippen LogP contribution in [0.15, 0.2) is 30.3 Å². The van der Waals surface area contributed by atoms with Crippen LogP contribution in [-0.2, 0) is 12.8 Å². The van der Waals surface area contributed by atoms with Crippen LogP contribution in [0, 0.1) is 10.1 Å². The minimum atomic E-state index is -0.428. The molecule has 0 saturated heterocycles. The third-order valence-corrected chi connectivity index (χ3v) is 5.02. The van der Waals surface area contributed by atoms with Gasteiger partial charge in [-0.1, -0.05) is 0 Å². The number of non-ortho nitro benzene ring substituents is 1. The Labute approximate surface area is 137 Å². The summed E-state index contributed by atoms with van der Waals surface area (Å²) in [6, 6.07) is 8.22. The smallest absolute Gasteiger partial charge is 0.269 e. The Morgan fingerprint density at radius 3 is 2.70 bits per heavy atom. The zero-order valence-electron chi connectivity index (χ0n) is 12.5. The number of hydrogen-bond acceptors (Lipinski definition) is 5. The minimum absolute atomic E-state index is 0.0325. The first-order chi connectivity index (χ1) is 11.1. The molecule has 0 spiro atoms. The summed E-state index contributed by atoms with van der Waals surface area (Å²) in [6.45, 7) is 1.06. The SMILES string of the molecule is O=C(NCCNc1ccc([N+](=O)[O-])cc1)c1cc2c(s1)CCC2. The molecule has 1 aliphatic carbocycles. The molecular weight excluding hydrogens is 314 g/mol. The van der Waals surface area contributed by atoms with E-state index < -0.39 is 4.92 Å². The van der Waals surface area contributed by atoms with Gasteiger partial charge < -0.3 is 10.6 Å². The van der Waals surface area contributed by atoms with E-state index in [0.717, 1.165) is 23.4 Å². The van der Waals surface area contributed by atoms with Crippen molar-refractivity contribution in [1.29, 1.82) is 0 Å². The van der Waals surface area contributed by atoms with E-state index >= 15 is 0 Å². The lowest BCUT2D eigenvalue weighted by molar-refractivity contribution is -0.384. The van der Waals surface area contributed by atoms with Crippen LogP contribution in [0.5, 0.6) is 0 Å². The van der Waals surface area contributed by atoms with E-state index in [4.69, 9.17) is 0 Å². The Kier molecular flexibility index (Phi) is 4.57. The van der Waals surface area contributed by atoms with E-state index in [0.29, 0.717) is 13.1 Å². The number of anilines is 1. The Morgan fingerprint density at radius 2 is 2.00 bits per heavy atom. The molecule has 0 bridgehead atoms. The second-order valence-corrected chi connectivity index (χ2v) is 6.54. The number of rotatable bonds is 6. The van der Waals surface area contributed by atoms with Crippen LogP contribution in [0.4, 0.5) is 11.4 Å². The molecule has 1 amide bonds. The highest BCUT2D eigenvalue weighted by Crippen LogP contribution is 2.30. The zero-order chi connectivity index (χ0) is 16.2. The van der Waals surface area contributed by atoms with Crippen LogP contribution in [0.2, 0.25) is 0 Å². The number of nitro groups is 1. The van der Waals surface area contributed by atoms with Crippen molar-refractivity contribution in [2.24, 2.45) is 0 Å². The van der Waals surface area contributed by atoms with Gasteiger partial charge in [-0.3, -0.25) is 14.9 Å². The van der Waals surface area contributed by atoms with E-state index in [-0.39, 0.29) is 11.6 Å². The highest BCUT2D eigenvalue weighted by molar-refractivity contribution is 7.14. The van der Waals surface area contributed by atoms with E-state index in [9.17, 15) is 14.9 Å². The molecule has 0 atom stereocenters. The summed E-state index contributed by atoms with van der Waals surface area (Å²) in [5.74, 6) is -0.0325. The summed E-state index contributed by atoms with van der Waals surface area (Å²) in [6.07, 6.45) is 3.37. The van der Waals surface area contributed by atoms with Gasteiger partial charge in [0.1, 0.15) is 0 Å². The number of thiophene rings is 1. The molecule has 1 aromatic carbocycles. The van der Waals surface area contributed by atoms with Crippen molar-refractivity contribution in [2.45, 2.75) is 19.3 Å². The van der Waals surface area contributed by atoms with E-state index in [1.807, 2.05) is 6.07 Å². The number of carbonyl (C=O) groups is 1. The van der Waals surface area contributed by atoms with Crippen LogP contribution < -0.4 is 10.6 Å². The average Bonchev–Trinajstić information content (AvgIpc) is 3.13. The largest absolute Gasteiger partial charge is 0.383 e. The van der Waals surface area contributed by atoms with Gasteiger partial charge in [0.25, 0.3) is 11.6 Å². The van der Waals surface area contributed by atoms with E-state index in [1.165, 1.54) is 29.0 Å². The monoisotopic (exact) mass is 331 g/mol. The molecule has 0 aliphatic heterocycles. The summed E-state index contributed by atoms with van der Waals surface area (Å²) in [5.41, 5.74) is 2.18. The fourth-order valence-corrected chi connectivity index (χ4v) is 3.78. The van der Waals surface area contributed by atoms with Gasteiger partial charge in [-0.2, -0.15) is 0 Å². The Morgan fingerprint density at radius 1 is 1.22 bits per heavy atom. The lowest BCUT2D eigenvalue weighted by atomic mass is 10.2. The summed E-state index contributed by atoms with van der Waals surface area (Å²) in [4.78, 5) is 24.4. The average molecular weight is 331 g/mol. The van der Waals surface area contributed by atoms with Gasteiger partial charge in [0.2, 0.25) is 0 Å². The molecule has 0 fully saturated rings. The third kappa shape index (κ3) is 3.68. The van der Waals surface area contributed by atoms with E-state index in [2.05, 4.69) is 10.6 Å². The van der Waals surface area contributed by atoms with Gasteiger partial charge in [-0.25, -0.2) is 0 Å². The fourth-order valence-electron chi connectivity index (χ4n) is 2.61. The van der Waals surface area contributed by atoms with Crippen molar-refractivity contribution in [3.8, 4) is 0 Å². The van der Waals surface area contributed by atoms with Crippen molar-refractivity contribution in [3.63, 3.8) is 0 Å². The van der Waals surface area contributed by atoms with Crippen LogP contribution in [0.3, 0.4) is 0 Å². The van der Waals surface area contributed by atoms with Crippen LogP contribution in [0.25, 0.3) is 0 Å². The van der Waals surface area contributed by atoms with Crippen molar-refractivity contribution >= 4 is 28.6 Å². The number of fused-ring (bicyclic) bond motifs is 1. The number of carbonyl (C=O) groups excluding carboxylic acids is 1. The predicted molar refractivity (Wildman–Crippen MR) is 90.3 cm³/mol. The molecule has 3 rings (SSSR count). The van der Waals surface area contributed by atoms with Gasteiger partial charge in [-0.05, 0) is 43.0 Å². The first-order valence-corrected chi connectivity index (χ1v) is 8.33. The van der Waals surface area contributed by atoms with Crippen molar-refractivity contribution in [3.05, 3.63) is 55.8 Å². The zero-order valence-corrected chi connectivity index (χ0v) is 13.3. The van der Waals surface area contributed by atoms with Gasteiger partial charge in [-0.15, -0.1) is 11.3 Å². The van der Waals surface area contributed by atoms with Crippen LogP contribution in [0.1, 0.15) is 26.5 Å². The minimum Gasteiger partial charge on any atom is -0.383 e. The molecule has 6 nitrogen and oxygen atoms in total. The standard InChI is InChI=1S/C16H17N3O3S/c20-16(15-10-11-2-1-3-14(11)23-15)18-9-8-17-12-4-6-13(7-5-12)19(21)22/h4-7,10,17H,1-3,8-9H2,(H,18,20).